The Kier molecular flexibility index (Phi) is 8.60. The quantitative estimate of drug-likeness (QED) is 0.282. The SMILES string of the molecule is CCCc1nc(C)c2c(=O)[nH]c(-c3cc(S(=O)(=O)N(CCCO)Cc4ccccc4)ccc3OCC)nn12. The molecule has 10 nitrogen and oxygen atoms in total. The Hall–Kier alpha value is -3.54. The van der Waals surface area contributed by atoms with Crippen molar-refractivity contribution in [1.82, 2.24) is 23.9 Å². The summed E-state index contributed by atoms with van der Waals surface area (Å²) in [6, 6.07) is 13.8. The number of aryl methyl sites for hydroxylation is 2. The summed E-state index contributed by atoms with van der Waals surface area (Å²) in [5.74, 6) is 1.24. The van der Waals surface area contributed by atoms with Gasteiger partial charge in [-0.2, -0.15) is 4.31 Å². The van der Waals surface area contributed by atoms with Gasteiger partial charge in [-0.05, 0) is 50.5 Å². The normalized spacial score (nSPS) is 11.9. The number of aromatic nitrogens is 4. The maximum atomic E-state index is 13.8. The van der Waals surface area contributed by atoms with Crippen molar-refractivity contribution in [3.63, 3.8) is 0 Å². The molecular weight excluding hydrogens is 506 g/mol. The van der Waals surface area contributed by atoms with Crippen LogP contribution in [0, 0.1) is 6.92 Å². The van der Waals surface area contributed by atoms with Crippen LogP contribution in [-0.2, 0) is 23.0 Å². The van der Waals surface area contributed by atoms with E-state index in [9.17, 15) is 18.3 Å². The molecule has 0 unspecified atom stereocenters. The lowest BCUT2D eigenvalue weighted by atomic mass is 10.2. The van der Waals surface area contributed by atoms with Crippen molar-refractivity contribution < 1.29 is 18.3 Å². The second kappa shape index (κ2) is 11.9. The zero-order valence-corrected chi connectivity index (χ0v) is 22.7. The standard InChI is InChI=1S/C27H33N5O5S/c1-4-10-24-28-19(3)25-27(34)29-26(30-32(24)25)22-17-21(13-14-23(22)37-5-2)38(35,36)31(15-9-16-33)18-20-11-7-6-8-12-20/h6-8,11-14,17,33H,4-5,9-10,15-16,18H2,1-3H3,(H,29,30,34). The first-order chi connectivity index (χ1) is 18.3. The van der Waals surface area contributed by atoms with Crippen molar-refractivity contribution in [2.75, 3.05) is 19.8 Å². The van der Waals surface area contributed by atoms with Gasteiger partial charge in [0.2, 0.25) is 10.0 Å². The van der Waals surface area contributed by atoms with Crippen LogP contribution < -0.4 is 10.3 Å². The lowest BCUT2D eigenvalue weighted by Crippen LogP contribution is -2.32. The van der Waals surface area contributed by atoms with Gasteiger partial charge < -0.3 is 14.8 Å². The summed E-state index contributed by atoms with van der Waals surface area (Å²) in [6.07, 6.45) is 1.75. The number of hydrogen-bond acceptors (Lipinski definition) is 7. The summed E-state index contributed by atoms with van der Waals surface area (Å²) in [5.41, 5.74) is 1.75. The molecule has 0 saturated carbocycles. The van der Waals surface area contributed by atoms with Crippen molar-refractivity contribution in [2.45, 2.75) is 51.5 Å². The number of nitrogens with one attached hydrogen (secondary N) is 1. The van der Waals surface area contributed by atoms with Crippen LogP contribution in [0.4, 0.5) is 0 Å². The second-order valence-electron chi connectivity index (χ2n) is 8.92. The molecule has 38 heavy (non-hydrogen) atoms. The van der Waals surface area contributed by atoms with Gasteiger partial charge in [0, 0.05) is 26.1 Å². The monoisotopic (exact) mass is 539 g/mol. The minimum atomic E-state index is -3.97. The number of imidazole rings is 1. The van der Waals surface area contributed by atoms with E-state index in [0.29, 0.717) is 47.8 Å². The molecule has 0 radical (unpaired) electrons. The molecule has 0 amide bonds. The van der Waals surface area contributed by atoms with Crippen LogP contribution in [0.25, 0.3) is 16.9 Å². The van der Waals surface area contributed by atoms with E-state index in [-0.39, 0.29) is 36.0 Å². The zero-order valence-electron chi connectivity index (χ0n) is 21.8. The number of aliphatic hydroxyl groups excluding tert-OH is 1. The third kappa shape index (κ3) is 5.64. The van der Waals surface area contributed by atoms with Crippen molar-refractivity contribution >= 4 is 15.5 Å². The van der Waals surface area contributed by atoms with Crippen LogP contribution in [0.3, 0.4) is 0 Å². The van der Waals surface area contributed by atoms with E-state index in [4.69, 9.17) is 4.74 Å². The smallest absolute Gasteiger partial charge is 0.277 e. The molecule has 2 N–H and O–H groups in total. The third-order valence-electron chi connectivity index (χ3n) is 6.13. The molecule has 0 aliphatic heterocycles. The number of H-pyrrole nitrogens is 1. The molecule has 202 valence electrons. The highest BCUT2D eigenvalue weighted by atomic mass is 32.2. The van der Waals surface area contributed by atoms with Gasteiger partial charge in [0.1, 0.15) is 11.6 Å². The lowest BCUT2D eigenvalue weighted by Gasteiger charge is -2.23. The van der Waals surface area contributed by atoms with E-state index >= 15 is 0 Å². The van der Waals surface area contributed by atoms with Crippen molar-refractivity contribution in [3.05, 3.63) is 76.0 Å². The van der Waals surface area contributed by atoms with Gasteiger partial charge >= 0.3 is 0 Å². The van der Waals surface area contributed by atoms with Crippen LogP contribution in [0.15, 0.2) is 58.2 Å². The molecule has 0 fully saturated rings. The molecule has 2 heterocycles. The van der Waals surface area contributed by atoms with Gasteiger partial charge in [-0.3, -0.25) is 4.79 Å². The van der Waals surface area contributed by atoms with Crippen molar-refractivity contribution in [2.24, 2.45) is 0 Å². The molecule has 0 saturated heterocycles. The van der Waals surface area contributed by atoms with Crippen LogP contribution >= 0.6 is 0 Å². The molecule has 4 aromatic rings. The maximum absolute atomic E-state index is 13.8. The highest BCUT2D eigenvalue weighted by Gasteiger charge is 2.27. The molecule has 4 rings (SSSR count). The van der Waals surface area contributed by atoms with Crippen LogP contribution in [-0.4, -0.2) is 57.2 Å². The number of aliphatic hydroxyl groups is 1. The first-order valence-electron chi connectivity index (χ1n) is 12.7. The van der Waals surface area contributed by atoms with Gasteiger partial charge in [-0.15, -0.1) is 5.10 Å². The fraction of sp³-hybridized carbons (Fsp3) is 0.370. The number of fused-ring (bicyclic) bond motifs is 1. The van der Waals surface area contributed by atoms with E-state index < -0.39 is 10.0 Å². The molecular formula is C27H33N5O5S. The number of benzene rings is 2. The molecule has 2 aromatic carbocycles. The molecule has 0 bridgehead atoms. The number of rotatable bonds is 12. The van der Waals surface area contributed by atoms with Gasteiger partial charge in [0.15, 0.2) is 11.3 Å². The number of ether oxygens (including phenoxy) is 1. The Morgan fingerprint density at radius 2 is 1.89 bits per heavy atom. The predicted octanol–water partition coefficient (Wildman–Crippen LogP) is 3.32. The van der Waals surface area contributed by atoms with Crippen molar-refractivity contribution in [3.8, 4) is 17.1 Å². The average Bonchev–Trinajstić information content (AvgIpc) is 3.22. The van der Waals surface area contributed by atoms with E-state index in [1.807, 2.05) is 44.2 Å². The Bertz CT molecular complexity index is 1560. The topological polar surface area (TPSA) is 130 Å². The Morgan fingerprint density at radius 3 is 2.58 bits per heavy atom. The molecule has 2 aromatic heterocycles. The summed E-state index contributed by atoms with van der Waals surface area (Å²) >= 11 is 0. The first kappa shape index (κ1) is 27.5. The highest BCUT2D eigenvalue weighted by molar-refractivity contribution is 7.89. The zero-order chi connectivity index (χ0) is 27.3. The third-order valence-corrected chi connectivity index (χ3v) is 7.97. The number of aromatic amines is 1. The van der Waals surface area contributed by atoms with E-state index in [0.717, 1.165) is 12.0 Å². The van der Waals surface area contributed by atoms with E-state index in [1.165, 1.54) is 21.0 Å². The van der Waals surface area contributed by atoms with Gasteiger partial charge in [0.05, 0.1) is 22.8 Å². The molecule has 0 atom stereocenters. The lowest BCUT2D eigenvalue weighted by molar-refractivity contribution is 0.267. The fourth-order valence-corrected chi connectivity index (χ4v) is 5.84. The van der Waals surface area contributed by atoms with Crippen LogP contribution in [0.5, 0.6) is 5.75 Å². The summed E-state index contributed by atoms with van der Waals surface area (Å²) in [4.78, 5) is 20.4. The number of sulfonamides is 1. The highest BCUT2D eigenvalue weighted by Crippen LogP contribution is 2.32. The fourth-order valence-electron chi connectivity index (χ4n) is 4.35. The number of hydrogen-bond donors (Lipinski definition) is 2. The van der Waals surface area contributed by atoms with Gasteiger partial charge in [0.25, 0.3) is 5.56 Å². The summed E-state index contributed by atoms with van der Waals surface area (Å²) < 4.78 is 36.3. The van der Waals surface area contributed by atoms with Gasteiger partial charge in [-0.25, -0.2) is 17.9 Å². The second-order valence-corrected chi connectivity index (χ2v) is 10.9. The summed E-state index contributed by atoms with van der Waals surface area (Å²) in [6.45, 7) is 6.11. The Morgan fingerprint density at radius 1 is 1.13 bits per heavy atom. The van der Waals surface area contributed by atoms with Crippen LogP contribution in [0.1, 0.15) is 43.8 Å². The van der Waals surface area contributed by atoms with E-state index in [1.54, 1.807) is 13.0 Å². The largest absolute Gasteiger partial charge is 0.493 e. The molecule has 11 heteroatoms. The maximum Gasteiger partial charge on any atom is 0.277 e. The number of nitrogens with zero attached hydrogens (tertiary/aromatic N) is 4. The van der Waals surface area contributed by atoms with E-state index in [2.05, 4.69) is 15.1 Å². The molecule has 0 spiro atoms. The molecule has 0 aliphatic rings. The Labute approximate surface area is 222 Å². The summed E-state index contributed by atoms with van der Waals surface area (Å²) in [7, 11) is -3.97. The minimum absolute atomic E-state index is 0.0307. The van der Waals surface area contributed by atoms with Gasteiger partial charge in [-0.1, -0.05) is 37.3 Å². The average molecular weight is 540 g/mol. The molecule has 0 aliphatic carbocycles. The Balaban J connectivity index is 1.84. The summed E-state index contributed by atoms with van der Waals surface area (Å²) in [5, 5.41) is 14.0. The predicted molar refractivity (Wildman–Crippen MR) is 145 cm³/mol. The minimum Gasteiger partial charge on any atom is -0.493 e. The first-order valence-corrected chi connectivity index (χ1v) is 14.1. The van der Waals surface area contributed by atoms with Crippen molar-refractivity contribution in [1.29, 1.82) is 0 Å². The van der Waals surface area contributed by atoms with Crippen LogP contribution in [0.2, 0.25) is 0 Å².